The summed E-state index contributed by atoms with van der Waals surface area (Å²) in [6.07, 6.45) is 7.86. The summed E-state index contributed by atoms with van der Waals surface area (Å²) in [6, 6.07) is 14.4. The van der Waals surface area contributed by atoms with Crippen LogP contribution in [0.3, 0.4) is 0 Å². The van der Waals surface area contributed by atoms with Crippen molar-refractivity contribution in [1.82, 2.24) is 20.2 Å². The van der Waals surface area contributed by atoms with Gasteiger partial charge in [-0.25, -0.2) is 9.78 Å². The van der Waals surface area contributed by atoms with E-state index in [2.05, 4.69) is 46.7 Å². The van der Waals surface area contributed by atoms with Crippen LogP contribution in [-0.4, -0.2) is 51.7 Å². The Bertz CT molecular complexity index is 1880. The SMILES string of the molecule is COC(=O)N[C@H](C(=O)N1CCCC1c1nc2ccc(-c3ccc(-c4ccc(O)c5c4CCC5)c4c3CC3CCC43)cc2[nH]1)C(C)C. The van der Waals surface area contributed by atoms with Gasteiger partial charge in [-0.05, 0) is 132 Å². The maximum absolute atomic E-state index is 13.7. The highest BCUT2D eigenvalue weighted by Gasteiger charge is 2.42. The number of aromatic nitrogens is 2. The second-order valence-electron chi connectivity index (χ2n) is 14.0. The van der Waals surface area contributed by atoms with Gasteiger partial charge in [0.1, 0.15) is 17.6 Å². The Morgan fingerprint density at radius 2 is 1.78 bits per heavy atom. The molecule has 8 heteroatoms. The number of fused-ring (bicyclic) bond motifs is 5. The number of ether oxygens (including phenoxy) is 1. The number of rotatable bonds is 6. The number of benzene rings is 3. The van der Waals surface area contributed by atoms with Crippen LogP contribution < -0.4 is 5.32 Å². The van der Waals surface area contributed by atoms with Crippen LogP contribution in [0.5, 0.6) is 5.75 Å². The minimum atomic E-state index is -0.660. The molecule has 2 amide bonds. The van der Waals surface area contributed by atoms with Gasteiger partial charge >= 0.3 is 6.09 Å². The summed E-state index contributed by atoms with van der Waals surface area (Å²) in [6.45, 7) is 4.49. The van der Waals surface area contributed by atoms with Gasteiger partial charge in [0.15, 0.2) is 0 Å². The third kappa shape index (κ3) is 4.59. The van der Waals surface area contributed by atoms with Crippen LogP contribution in [0.4, 0.5) is 4.79 Å². The number of aromatic hydroxyl groups is 1. The molecule has 3 aliphatic carbocycles. The van der Waals surface area contributed by atoms with Crippen LogP contribution in [-0.2, 0) is 28.8 Å². The number of hydrogen-bond acceptors (Lipinski definition) is 5. The van der Waals surface area contributed by atoms with E-state index < -0.39 is 12.1 Å². The van der Waals surface area contributed by atoms with Crippen LogP contribution in [0, 0.1) is 11.8 Å². The minimum absolute atomic E-state index is 0.0793. The second kappa shape index (κ2) is 11.2. The van der Waals surface area contributed by atoms with Crippen molar-refractivity contribution >= 4 is 23.0 Å². The molecule has 0 radical (unpaired) electrons. The van der Waals surface area contributed by atoms with E-state index in [0.717, 1.165) is 66.9 Å². The molecule has 8 rings (SSSR count). The van der Waals surface area contributed by atoms with E-state index in [0.29, 0.717) is 18.2 Å². The molecule has 0 spiro atoms. The predicted octanol–water partition coefficient (Wildman–Crippen LogP) is 7.19. The first-order valence-corrected chi connectivity index (χ1v) is 17.0. The first-order valence-electron chi connectivity index (χ1n) is 17.0. The van der Waals surface area contributed by atoms with Gasteiger partial charge in [-0.2, -0.15) is 0 Å². The topological polar surface area (TPSA) is 108 Å². The van der Waals surface area contributed by atoms with Gasteiger partial charge in [0.2, 0.25) is 5.91 Å². The highest BCUT2D eigenvalue weighted by molar-refractivity contribution is 5.88. The smallest absolute Gasteiger partial charge is 0.407 e. The number of carbonyl (C=O) groups is 2. The van der Waals surface area contributed by atoms with E-state index in [4.69, 9.17) is 9.72 Å². The van der Waals surface area contributed by atoms with Crippen molar-refractivity contribution in [3.05, 3.63) is 70.5 Å². The van der Waals surface area contributed by atoms with Crippen molar-refractivity contribution in [3.8, 4) is 28.0 Å². The fourth-order valence-electron chi connectivity index (χ4n) is 8.76. The monoisotopic (exact) mass is 618 g/mol. The van der Waals surface area contributed by atoms with Gasteiger partial charge in [-0.15, -0.1) is 0 Å². The van der Waals surface area contributed by atoms with Crippen molar-refractivity contribution < 1.29 is 19.4 Å². The number of phenolic OH excluding ortho intramolecular Hbond substituents is 1. The number of alkyl carbamates (subject to hydrolysis) is 1. The van der Waals surface area contributed by atoms with Crippen molar-refractivity contribution in [1.29, 1.82) is 0 Å². The number of aromatic amines is 1. The maximum atomic E-state index is 13.7. The lowest BCUT2D eigenvalue weighted by molar-refractivity contribution is -0.135. The summed E-state index contributed by atoms with van der Waals surface area (Å²) in [4.78, 5) is 36.0. The lowest BCUT2D eigenvalue weighted by Gasteiger charge is -2.32. The van der Waals surface area contributed by atoms with Crippen LogP contribution >= 0.6 is 0 Å². The lowest BCUT2D eigenvalue weighted by atomic mass is 9.72. The fourth-order valence-corrected chi connectivity index (χ4v) is 8.76. The van der Waals surface area contributed by atoms with E-state index in [-0.39, 0.29) is 17.9 Å². The zero-order valence-corrected chi connectivity index (χ0v) is 26.9. The van der Waals surface area contributed by atoms with Crippen LogP contribution in [0.15, 0.2) is 42.5 Å². The number of nitrogens with zero attached hydrogens (tertiary/aromatic N) is 2. The molecule has 46 heavy (non-hydrogen) atoms. The average molecular weight is 619 g/mol. The zero-order chi connectivity index (χ0) is 31.7. The molecule has 1 saturated heterocycles. The number of methoxy groups -OCH3 is 1. The molecule has 3 aromatic carbocycles. The van der Waals surface area contributed by atoms with Crippen LogP contribution in [0.2, 0.25) is 0 Å². The third-order valence-electron chi connectivity index (χ3n) is 11.2. The highest BCUT2D eigenvalue weighted by atomic mass is 16.5. The van der Waals surface area contributed by atoms with Crippen LogP contribution in [0.25, 0.3) is 33.3 Å². The number of carbonyl (C=O) groups excluding carboxylic acids is 2. The summed E-state index contributed by atoms with van der Waals surface area (Å²) in [5.74, 6) is 2.39. The Hall–Kier alpha value is -4.33. The molecule has 2 heterocycles. The predicted molar refractivity (Wildman–Crippen MR) is 178 cm³/mol. The summed E-state index contributed by atoms with van der Waals surface area (Å²) in [7, 11) is 1.31. The molecule has 8 nitrogen and oxygen atoms in total. The number of nitrogens with one attached hydrogen (secondary N) is 2. The largest absolute Gasteiger partial charge is 0.508 e. The van der Waals surface area contributed by atoms with Gasteiger partial charge in [0.25, 0.3) is 0 Å². The molecule has 1 aliphatic heterocycles. The number of phenols is 1. The number of hydrogen-bond donors (Lipinski definition) is 3. The normalized spacial score (nSPS) is 22.0. The van der Waals surface area contributed by atoms with Crippen molar-refractivity contribution in [2.45, 2.75) is 83.2 Å². The Kier molecular flexibility index (Phi) is 7.07. The maximum Gasteiger partial charge on any atom is 0.407 e. The fraction of sp³-hybridized carbons (Fsp3) is 0.447. The summed E-state index contributed by atoms with van der Waals surface area (Å²) >= 11 is 0. The van der Waals surface area contributed by atoms with E-state index in [1.54, 1.807) is 0 Å². The Balaban J connectivity index is 1.13. The number of likely N-dealkylation sites (tertiary alicyclic amines) is 1. The first kappa shape index (κ1) is 29.1. The number of H-pyrrole nitrogens is 1. The minimum Gasteiger partial charge on any atom is -0.508 e. The lowest BCUT2D eigenvalue weighted by Crippen LogP contribution is -2.51. The van der Waals surface area contributed by atoms with E-state index in [1.165, 1.54) is 58.9 Å². The highest BCUT2D eigenvalue weighted by Crippen LogP contribution is 2.57. The van der Waals surface area contributed by atoms with Crippen molar-refractivity contribution in [2.75, 3.05) is 13.7 Å². The molecule has 2 fully saturated rings. The molecule has 1 aromatic heterocycles. The van der Waals surface area contributed by atoms with Crippen LogP contribution in [0.1, 0.15) is 86.0 Å². The molecule has 4 atom stereocenters. The molecule has 4 aromatic rings. The summed E-state index contributed by atoms with van der Waals surface area (Å²) in [5.41, 5.74) is 12.5. The molecule has 238 valence electrons. The van der Waals surface area contributed by atoms with Gasteiger partial charge < -0.3 is 25.0 Å². The quantitative estimate of drug-likeness (QED) is 0.212. The summed E-state index contributed by atoms with van der Waals surface area (Å²) in [5, 5.41) is 13.3. The molecule has 3 N–H and O–H groups in total. The van der Waals surface area contributed by atoms with E-state index in [1.807, 2.05) is 24.8 Å². The number of imidazole rings is 1. The van der Waals surface area contributed by atoms with E-state index >= 15 is 0 Å². The van der Waals surface area contributed by atoms with Crippen molar-refractivity contribution in [3.63, 3.8) is 0 Å². The first-order chi connectivity index (χ1) is 22.3. The molecule has 0 bridgehead atoms. The average Bonchev–Trinajstić information content (AvgIpc) is 3.84. The molecule has 1 saturated carbocycles. The van der Waals surface area contributed by atoms with Gasteiger partial charge in [-0.3, -0.25) is 4.79 Å². The molecule has 4 aliphatic rings. The Labute approximate surface area is 269 Å². The van der Waals surface area contributed by atoms with Gasteiger partial charge in [0.05, 0.1) is 24.2 Å². The zero-order valence-electron chi connectivity index (χ0n) is 26.9. The Morgan fingerprint density at radius 3 is 2.57 bits per heavy atom. The summed E-state index contributed by atoms with van der Waals surface area (Å²) < 4.78 is 4.79. The number of amides is 2. The standard InChI is InChI=1S/C38H42N4O4/c1-20(2)35(41-38(45)46-3)37(44)42-17-5-8-32(42)36-39-30-15-10-22(19-31(30)40-36)23-12-13-28(34-24-11-9-21(24)18-29(23)34)26-14-16-33(43)27-7-4-6-25(26)27/h10,12-16,19-21,24,32,35,43H,4-9,11,17-18H2,1-3H3,(H,39,40)(H,41,45)/t21?,24?,32?,35-/m0/s1. The van der Waals surface area contributed by atoms with Crippen molar-refractivity contribution in [2.24, 2.45) is 11.8 Å². The molecule has 3 unspecified atom stereocenters. The van der Waals surface area contributed by atoms with E-state index in [9.17, 15) is 14.7 Å². The van der Waals surface area contributed by atoms with Gasteiger partial charge in [0, 0.05) is 6.54 Å². The third-order valence-corrected chi connectivity index (χ3v) is 11.2. The Morgan fingerprint density at radius 1 is 0.978 bits per heavy atom. The second-order valence-corrected chi connectivity index (χ2v) is 14.0. The molecular formula is C38H42N4O4. The van der Waals surface area contributed by atoms with Gasteiger partial charge in [-0.1, -0.05) is 38.1 Å². The molecular weight excluding hydrogens is 576 g/mol.